The molecule has 1 rings (SSSR count). The van der Waals surface area contributed by atoms with Crippen molar-refractivity contribution in [1.82, 2.24) is 6.15 Å². The van der Waals surface area contributed by atoms with Crippen molar-refractivity contribution in [1.29, 1.82) is 0 Å². The van der Waals surface area contributed by atoms with E-state index in [9.17, 15) is 0 Å². The number of aliphatic hydroxyl groups is 1. The molecule has 1 aromatic carbocycles. The van der Waals surface area contributed by atoms with Crippen molar-refractivity contribution >= 4 is 6.79 Å². The Morgan fingerprint density at radius 1 is 1.08 bits per heavy atom. The maximum Gasteiger partial charge on any atom is 0.115 e. The molecule has 4 heteroatoms. The summed E-state index contributed by atoms with van der Waals surface area (Å²) in [5.74, 6) is 0.322. The van der Waals surface area contributed by atoms with Crippen molar-refractivity contribution in [3.8, 4) is 5.75 Å². The Hall–Kier alpha value is -1.39. The molecule has 4 nitrogen and oxygen atoms in total. The van der Waals surface area contributed by atoms with Crippen LogP contribution in [-0.4, -0.2) is 24.1 Å². The number of carbonyl (C=O) groups is 1. The Kier molecular flexibility index (Phi) is 23.0. The highest BCUT2D eigenvalue weighted by molar-refractivity contribution is 5.18. The SMILES string of the molecule is C=O.CO.N.Oc1ccccc1. The fourth-order valence-electron chi connectivity index (χ4n) is 0.428. The largest absolute Gasteiger partial charge is 0.508 e. The zero-order valence-corrected chi connectivity index (χ0v) is 7.10. The minimum Gasteiger partial charge on any atom is -0.508 e. The van der Waals surface area contributed by atoms with E-state index in [1.165, 1.54) is 0 Å². The number of phenols is 1. The molecule has 0 atom stereocenters. The minimum absolute atomic E-state index is 0. The van der Waals surface area contributed by atoms with Crippen LogP contribution in [0.2, 0.25) is 0 Å². The molecule has 0 spiro atoms. The van der Waals surface area contributed by atoms with Crippen LogP contribution in [0.3, 0.4) is 0 Å². The van der Waals surface area contributed by atoms with E-state index in [0.717, 1.165) is 7.11 Å². The standard InChI is InChI=1S/C6H6O.CH4O.CH2O.H3N/c7-6-4-2-1-3-5-6;2*1-2;/h1-5,7H;2H,1H3;1H2;1H3. The second-order valence-electron chi connectivity index (χ2n) is 1.34. The summed E-state index contributed by atoms with van der Waals surface area (Å²) in [4.78, 5) is 8.00. The van der Waals surface area contributed by atoms with E-state index in [2.05, 4.69) is 0 Å². The van der Waals surface area contributed by atoms with Crippen LogP contribution >= 0.6 is 0 Å². The van der Waals surface area contributed by atoms with Crippen molar-refractivity contribution in [3.05, 3.63) is 30.3 Å². The summed E-state index contributed by atoms with van der Waals surface area (Å²) in [6.45, 7) is 2.00. The molecule has 0 saturated heterocycles. The van der Waals surface area contributed by atoms with Gasteiger partial charge in [-0.2, -0.15) is 0 Å². The highest BCUT2D eigenvalue weighted by atomic mass is 16.3. The number of hydrogen-bond donors (Lipinski definition) is 3. The molecule has 1 aromatic rings. The van der Waals surface area contributed by atoms with Gasteiger partial charge >= 0.3 is 0 Å². The van der Waals surface area contributed by atoms with Crippen LogP contribution in [0.5, 0.6) is 5.75 Å². The normalized spacial score (nSPS) is 5.83. The molecule has 0 fully saturated rings. The number of para-hydroxylation sites is 1. The summed E-state index contributed by atoms with van der Waals surface area (Å²) in [6.07, 6.45) is 0. The Morgan fingerprint density at radius 2 is 1.42 bits per heavy atom. The first kappa shape index (κ1) is 16.9. The summed E-state index contributed by atoms with van der Waals surface area (Å²) in [7, 11) is 1.00. The van der Waals surface area contributed by atoms with E-state index < -0.39 is 0 Å². The van der Waals surface area contributed by atoms with Gasteiger partial charge in [0.2, 0.25) is 0 Å². The van der Waals surface area contributed by atoms with Crippen LogP contribution < -0.4 is 6.15 Å². The third kappa shape index (κ3) is 11.4. The number of aromatic hydroxyl groups is 1. The Labute approximate surface area is 72.1 Å². The Balaban J connectivity index is -0.000000144. The van der Waals surface area contributed by atoms with Gasteiger partial charge < -0.3 is 21.2 Å². The number of hydrogen-bond acceptors (Lipinski definition) is 4. The second-order valence-corrected chi connectivity index (χ2v) is 1.34. The first-order valence-corrected chi connectivity index (χ1v) is 2.87. The molecular weight excluding hydrogens is 158 g/mol. The predicted molar refractivity (Wildman–Crippen MR) is 48.4 cm³/mol. The molecule has 5 N–H and O–H groups in total. The third-order valence-corrected chi connectivity index (χ3v) is 0.756. The van der Waals surface area contributed by atoms with Crippen molar-refractivity contribution in [2.75, 3.05) is 7.11 Å². The monoisotopic (exact) mass is 173 g/mol. The van der Waals surface area contributed by atoms with Crippen LogP contribution in [0.4, 0.5) is 0 Å². The quantitative estimate of drug-likeness (QED) is 0.545. The fraction of sp³-hybridized carbons (Fsp3) is 0.125. The van der Waals surface area contributed by atoms with Crippen LogP contribution in [0.25, 0.3) is 0 Å². The number of rotatable bonds is 0. The lowest BCUT2D eigenvalue weighted by molar-refractivity contribution is -0.0979. The lowest BCUT2D eigenvalue weighted by atomic mass is 10.3. The van der Waals surface area contributed by atoms with Gasteiger partial charge in [0.05, 0.1) is 0 Å². The summed E-state index contributed by atoms with van der Waals surface area (Å²) in [5.41, 5.74) is 0. The molecule has 70 valence electrons. The van der Waals surface area contributed by atoms with Crippen LogP contribution in [0, 0.1) is 0 Å². The average molecular weight is 173 g/mol. The summed E-state index contributed by atoms with van der Waals surface area (Å²) in [6, 6.07) is 8.71. The molecule has 0 aliphatic carbocycles. The summed E-state index contributed by atoms with van der Waals surface area (Å²) in [5, 5.41) is 15.6. The molecular formula is C8H15NO3. The molecule has 0 heterocycles. The van der Waals surface area contributed by atoms with E-state index >= 15 is 0 Å². The second kappa shape index (κ2) is 16.3. The molecule has 0 radical (unpaired) electrons. The van der Waals surface area contributed by atoms with E-state index in [0.29, 0.717) is 5.75 Å². The van der Waals surface area contributed by atoms with Crippen LogP contribution in [-0.2, 0) is 4.79 Å². The average Bonchev–Trinajstić information content (AvgIpc) is 2.13. The minimum atomic E-state index is 0. The van der Waals surface area contributed by atoms with Gasteiger partial charge in [0, 0.05) is 7.11 Å². The van der Waals surface area contributed by atoms with Gasteiger partial charge in [0.1, 0.15) is 12.5 Å². The zero-order chi connectivity index (χ0) is 9.11. The molecule has 0 aliphatic rings. The van der Waals surface area contributed by atoms with Gasteiger partial charge in [-0.05, 0) is 12.1 Å². The van der Waals surface area contributed by atoms with Gasteiger partial charge in [0.25, 0.3) is 0 Å². The van der Waals surface area contributed by atoms with E-state index in [-0.39, 0.29) is 6.15 Å². The lowest BCUT2D eigenvalue weighted by Crippen LogP contribution is -1.56. The maximum absolute atomic E-state index is 8.63. The molecule has 0 bridgehead atoms. The first-order valence-electron chi connectivity index (χ1n) is 2.87. The highest BCUT2D eigenvalue weighted by Crippen LogP contribution is 2.02. The molecule has 0 aromatic heterocycles. The molecule has 0 saturated carbocycles. The number of carbonyl (C=O) groups excluding carboxylic acids is 1. The summed E-state index contributed by atoms with van der Waals surface area (Å²) >= 11 is 0. The van der Waals surface area contributed by atoms with Crippen LogP contribution in [0.1, 0.15) is 0 Å². The predicted octanol–water partition coefficient (Wildman–Crippen LogP) is 0.978. The molecule has 0 unspecified atom stereocenters. The van der Waals surface area contributed by atoms with E-state index in [4.69, 9.17) is 15.0 Å². The van der Waals surface area contributed by atoms with Gasteiger partial charge in [0.15, 0.2) is 0 Å². The van der Waals surface area contributed by atoms with Crippen molar-refractivity contribution < 1.29 is 15.0 Å². The van der Waals surface area contributed by atoms with Crippen molar-refractivity contribution in [2.45, 2.75) is 0 Å². The van der Waals surface area contributed by atoms with Crippen molar-refractivity contribution in [3.63, 3.8) is 0 Å². The topological polar surface area (TPSA) is 92.5 Å². The molecule has 12 heavy (non-hydrogen) atoms. The lowest BCUT2D eigenvalue weighted by Gasteiger charge is -1.82. The van der Waals surface area contributed by atoms with Crippen LogP contribution in [0.15, 0.2) is 30.3 Å². The fourth-order valence-corrected chi connectivity index (χ4v) is 0.428. The molecule has 0 amide bonds. The van der Waals surface area contributed by atoms with E-state index in [1.54, 1.807) is 24.3 Å². The van der Waals surface area contributed by atoms with Crippen molar-refractivity contribution in [2.24, 2.45) is 0 Å². The molecule has 0 aliphatic heterocycles. The Morgan fingerprint density at radius 3 is 1.58 bits per heavy atom. The third-order valence-electron chi connectivity index (χ3n) is 0.756. The number of phenolic OH excluding ortho intramolecular Hbond substituents is 1. The van der Waals surface area contributed by atoms with Gasteiger partial charge in [-0.15, -0.1) is 0 Å². The first-order chi connectivity index (χ1) is 5.39. The summed E-state index contributed by atoms with van der Waals surface area (Å²) < 4.78 is 0. The number of aliphatic hydroxyl groups excluding tert-OH is 1. The number of benzene rings is 1. The van der Waals surface area contributed by atoms with Gasteiger partial charge in [-0.3, -0.25) is 0 Å². The zero-order valence-electron chi connectivity index (χ0n) is 7.10. The smallest absolute Gasteiger partial charge is 0.115 e. The van der Waals surface area contributed by atoms with Gasteiger partial charge in [-0.1, -0.05) is 18.2 Å². The Bertz CT molecular complexity index is 156. The maximum atomic E-state index is 8.63. The highest BCUT2D eigenvalue weighted by Gasteiger charge is 1.74. The van der Waals surface area contributed by atoms with E-state index in [1.807, 2.05) is 12.9 Å². The van der Waals surface area contributed by atoms with Gasteiger partial charge in [-0.25, -0.2) is 0 Å².